The Morgan fingerprint density at radius 3 is 2.91 bits per heavy atom. The number of nitrogens with one attached hydrogen (secondary N) is 1. The first-order valence-electron chi connectivity index (χ1n) is 7.68. The van der Waals surface area contributed by atoms with Crippen molar-refractivity contribution in [2.75, 3.05) is 20.1 Å². The molecule has 0 spiro atoms. The number of hydrogen-bond donors (Lipinski definition) is 1. The zero-order valence-electron chi connectivity index (χ0n) is 13.0. The van der Waals surface area contributed by atoms with Crippen LogP contribution >= 0.6 is 15.9 Å². The molecule has 23 heavy (non-hydrogen) atoms. The van der Waals surface area contributed by atoms with Gasteiger partial charge in [0.2, 0.25) is 17.6 Å². The molecule has 0 saturated carbocycles. The number of carbonyl (C=O) groups is 1. The normalized spacial score (nSPS) is 16.4. The van der Waals surface area contributed by atoms with Crippen LogP contribution in [0.25, 0.3) is 11.4 Å². The van der Waals surface area contributed by atoms with Crippen LogP contribution < -0.4 is 5.32 Å². The summed E-state index contributed by atoms with van der Waals surface area (Å²) in [6.45, 7) is 2.36. The zero-order valence-corrected chi connectivity index (χ0v) is 14.5. The minimum absolute atomic E-state index is 0.121. The molecule has 1 saturated heterocycles. The van der Waals surface area contributed by atoms with Crippen molar-refractivity contribution >= 4 is 21.8 Å². The van der Waals surface area contributed by atoms with E-state index in [1.165, 1.54) is 0 Å². The lowest BCUT2D eigenvalue weighted by Gasteiger charge is -2.29. The monoisotopic (exact) mass is 378 g/mol. The summed E-state index contributed by atoms with van der Waals surface area (Å²) in [6, 6.07) is 7.82. The summed E-state index contributed by atoms with van der Waals surface area (Å²) in [5.41, 5.74) is 0.924. The van der Waals surface area contributed by atoms with Gasteiger partial charge >= 0.3 is 0 Å². The van der Waals surface area contributed by atoms with Crippen LogP contribution in [0.4, 0.5) is 0 Å². The Hall–Kier alpha value is -1.73. The highest BCUT2D eigenvalue weighted by Crippen LogP contribution is 2.22. The Labute approximate surface area is 143 Å². The molecule has 0 aliphatic carbocycles. The molecular formula is C16H19BrN4O2. The van der Waals surface area contributed by atoms with Crippen LogP contribution in [-0.2, 0) is 11.3 Å². The minimum Gasteiger partial charge on any atom is -0.359 e. The summed E-state index contributed by atoms with van der Waals surface area (Å²) in [6.07, 6.45) is 1.73. The van der Waals surface area contributed by atoms with Gasteiger partial charge in [-0.15, -0.1) is 0 Å². The largest absolute Gasteiger partial charge is 0.359 e. The lowest BCUT2D eigenvalue weighted by Crippen LogP contribution is -2.39. The first-order valence-corrected chi connectivity index (χ1v) is 8.47. The molecule has 3 rings (SSSR count). The fourth-order valence-corrected chi connectivity index (χ4v) is 3.21. The number of benzene rings is 1. The summed E-state index contributed by atoms with van der Waals surface area (Å²) < 4.78 is 6.34. The number of amides is 1. The molecule has 1 aliphatic heterocycles. The zero-order chi connectivity index (χ0) is 16.2. The van der Waals surface area contributed by atoms with E-state index in [0.717, 1.165) is 36.0 Å². The van der Waals surface area contributed by atoms with E-state index in [4.69, 9.17) is 4.52 Å². The molecule has 2 heterocycles. The highest BCUT2D eigenvalue weighted by Gasteiger charge is 2.25. The fraction of sp³-hybridized carbons (Fsp3) is 0.438. The van der Waals surface area contributed by atoms with Gasteiger partial charge in [0, 0.05) is 23.0 Å². The van der Waals surface area contributed by atoms with Crippen molar-refractivity contribution in [2.24, 2.45) is 5.92 Å². The molecule has 7 heteroatoms. The number of rotatable bonds is 4. The fourth-order valence-electron chi connectivity index (χ4n) is 2.81. The first kappa shape index (κ1) is 16.1. The maximum Gasteiger partial charge on any atom is 0.241 e. The summed E-state index contributed by atoms with van der Waals surface area (Å²) in [7, 11) is 1.69. The van der Waals surface area contributed by atoms with Crippen molar-refractivity contribution in [1.82, 2.24) is 20.4 Å². The van der Waals surface area contributed by atoms with Gasteiger partial charge in [-0.3, -0.25) is 9.69 Å². The molecule has 1 aromatic heterocycles. The van der Waals surface area contributed by atoms with Crippen molar-refractivity contribution in [3.63, 3.8) is 0 Å². The first-order chi connectivity index (χ1) is 11.2. The number of hydrogen-bond acceptors (Lipinski definition) is 5. The third kappa shape index (κ3) is 3.97. The van der Waals surface area contributed by atoms with Gasteiger partial charge in [0.15, 0.2) is 0 Å². The standard InChI is InChI=1S/C16H19BrN4O2/c1-18-16(22)11-5-7-21(8-6-11)10-14-19-15(20-23-14)12-3-2-4-13(17)9-12/h2-4,9,11H,5-8,10H2,1H3,(H,18,22). The minimum atomic E-state index is 0.121. The summed E-state index contributed by atoms with van der Waals surface area (Å²) >= 11 is 3.44. The van der Waals surface area contributed by atoms with Crippen molar-refractivity contribution in [2.45, 2.75) is 19.4 Å². The van der Waals surface area contributed by atoms with Gasteiger partial charge < -0.3 is 9.84 Å². The Balaban J connectivity index is 1.59. The van der Waals surface area contributed by atoms with Crippen molar-refractivity contribution < 1.29 is 9.32 Å². The van der Waals surface area contributed by atoms with Crippen molar-refractivity contribution in [1.29, 1.82) is 0 Å². The molecule has 1 aliphatic rings. The SMILES string of the molecule is CNC(=O)C1CCN(Cc2nc(-c3cccc(Br)c3)no2)CC1. The molecule has 2 aromatic rings. The van der Waals surface area contributed by atoms with Gasteiger partial charge in [-0.2, -0.15) is 4.98 Å². The molecule has 1 aromatic carbocycles. The summed E-state index contributed by atoms with van der Waals surface area (Å²) in [5, 5.41) is 6.77. The molecule has 0 atom stereocenters. The molecule has 6 nitrogen and oxygen atoms in total. The molecule has 122 valence electrons. The topological polar surface area (TPSA) is 71.3 Å². The van der Waals surface area contributed by atoms with Gasteiger partial charge in [-0.05, 0) is 38.1 Å². The van der Waals surface area contributed by atoms with Gasteiger partial charge in [0.25, 0.3) is 0 Å². The Morgan fingerprint density at radius 1 is 1.43 bits per heavy atom. The van der Waals surface area contributed by atoms with Crippen LogP contribution in [0.2, 0.25) is 0 Å². The maximum atomic E-state index is 11.6. The van der Waals surface area contributed by atoms with E-state index in [-0.39, 0.29) is 11.8 Å². The molecule has 0 radical (unpaired) electrons. The number of piperidine rings is 1. The van der Waals surface area contributed by atoms with Gasteiger partial charge in [-0.25, -0.2) is 0 Å². The summed E-state index contributed by atoms with van der Waals surface area (Å²) in [4.78, 5) is 18.4. The predicted octanol–water partition coefficient (Wildman–Crippen LogP) is 2.46. The number of halogens is 1. The number of likely N-dealkylation sites (tertiary alicyclic amines) is 1. The summed E-state index contributed by atoms with van der Waals surface area (Å²) in [5.74, 6) is 1.47. The molecule has 0 bridgehead atoms. The van der Waals surface area contributed by atoms with E-state index in [2.05, 4.69) is 36.3 Å². The second-order valence-electron chi connectivity index (χ2n) is 5.69. The second-order valence-corrected chi connectivity index (χ2v) is 6.60. The van der Waals surface area contributed by atoms with Crippen LogP contribution in [0, 0.1) is 5.92 Å². The average Bonchev–Trinajstić information content (AvgIpc) is 3.03. The molecule has 0 unspecified atom stereocenters. The van der Waals surface area contributed by atoms with Crippen molar-refractivity contribution in [3.05, 3.63) is 34.6 Å². The van der Waals surface area contributed by atoms with E-state index >= 15 is 0 Å². The van der Waals surface area contributed by atoms with Crippen molar-refractivity contribution in [3.8, 4) is 11.4 Å². The van der Waals surface area contributed by atoms with E-state index in [1.807, 2.05) is 24.3 Å². The number of aromatic nitrogens is 2. The lowest BCUT2D eigenvalue weighted by atomic mass is 9.96. The Kier molecular flexibility index (Phi) is 5.07. The van der Waals surface area contributed by atoms with E-state index in [1.54, 1.807) is 7.05 Å². The highest BCUT2D eigenvalue weighted by atomic mass is 79.9. The van der Waals surface area contributed by atoms with E-state index in [0.29, 0.717) is 18.3 Å². The third-order valence-electron chi connectivity index (χ3n) is 4.11. The highest BCUT2D eigenvalue weighted by molar-refractivity contribution is 9.10. The molecular weight excluding hydrogens is 360 g/mol. The van der Waals surface area contributed by atoms with Gasteiger partial charge in [-0.1, -0.05) is 33.2 Å². The number of nitrogens with zero attached hydrogens (tertiary/aromatic N) is 3. The van der Waals surface area contributed by atoms with Crippen LogP contribution in [-0.4, -0.2) is 41.1 Å². The molecule has 1 fully saturated rings. The van der Waals surface area contributed by atoms with Gasteiger partial charge in [0.05, 0.1) is 6.54 Å². The number of carbonyl (C=O) groups excluding carboxylic acids is 1. The van der Waals surface area contributed by atoms with Crippen LogP contribution in [0.3, 0.4) is 0 Å². The van der Waals surface area contributed by atoms with E-state index < -0.39 is 0 Å². The Bertz CT molecular complexity index is 680. The van der Waals surface area contributed by atoms with Crippen LogP contribution in [0.15, 0.2) is 33.3 Å². The smallest absolute Gasteiger partial charge is 0.241 e. The predicted molar refractivity (Wildman–Crippen MR) is 89.5 cm³/mol. The molecule has 1 amide bonds. The molecule has 1 N–H and O–H groups in total. The second kappa shape index (κ2) is 7.23. The quantitative estimate of drug-likeness (QED) is 0.884. The van der Waals surface area contributed by atoms with Gasteiger partial charge in [0.1, 0.15) is 0 Å². The van der Waals surface area contributed by atoms with Crippen LogP contribution in [0.5, 0.6) is 0 Å². The van der Waals surface area contributed by atoms with Crippen LogP contribution in [0.1, 0.15) is 18.7 Å². The third-order valence-corrected chi connectivity index (χ3v) is 4.61. The van der Waals surface area contributed by atoms with E-state index in [9.17, 15) is 4.79 Å². The average molecular weight is 379 g/mol. The lowest BCUT2D eigenvalue weighted by molar-refractivity contribution is -0.125. The maximum absolute atomic E-state index is 11.6. The Morgan fingerprint density at radius 2 is 2.22 bits per heavy atom.